The van der Waals surface area contributed by atoms with E-state index in [4.69, 9.17) is 11.6 Å². The predicted octanol–water partition coefficient (Wildman–Crippen LogP) is 3.86. The number of halogens is 1. The summed E-state index contributed by atoms with van der Waals surface area (Å²) in [6.45, 7) is 3.86. The lowest BCUT2D eigenvalue weighted by Gasteiger charge is -2.10. The van der Waals surface area contributed by atoms with Gasteiger partial charge in [0.2, 0.25) is 0 Å². The Hall–Kier alpha value is -1.87. The molecule has 0 radical (unpaired) electrons. The van der Waals surface area contributed by atoms with Crippen molar-refractivity contribution in [2.75, 3.05) is 5.32 Å². The van der Waals surface area contributed by atoms with Gasteiger partial charge in [-0.3, -0.25) is 4.79 Å². The van der Waals surface area contributed by atoms with Gasteiger partial charge < -0.3 is 5.32 Å². The first-order chi connectivity index (χ1) is 9.10. The fraction of sp³-hybridized carbons (Fsp3) is 0.200. The molecule has 0 spiro atoms. The molecule has 1 aromatic heterocycles. The zero-order valence-electron chi connectivity index (χ0n) is 10.9. The molecule has 1 amide bonds. The van der Waals surface area contributed by atoms with Crippen LogP contribution in [0.5, 0.6) is 0 Å². The van der Waals surface area contributed by atoms with E-state index in [0.29, 0.717) is 10.7 Å². The van der Waals surface area contributed by atoms with E-state index < -0.39 is 0 Å². The van der Waals surface area contributed by atoms with E-state index in [1.165, 1.54) is 0 Å². The number of hydrogen-bond donors (Lipinski definition) is 1. The molecule has 0 saturated heterocycles. The fourth-order valence-electron chi connectivity index (χ4n) is 1.90. The summed E-state index contributed by atoms with van der Waals surface area (Å²) in [5, 5.41) is 3.23. The van der Waals surface area contributed by atoms with Crippen LogP contribution in [0, 0.1) is 6.92 Å². The van der Waals surface area contributed by atoms with Crippen molar-refractivity contribution in [3.05, 3.63) is 58.4 Å². The van der Waals surface area contributed by atoms with Crippen molar-refractivity contribution < 1.29 is 4.79 Å². The molecule has 1 heterocycles. The van der Waals surface area contributed by atoms with Crippen LogP contribution >= 0.6 is 11.6 Å². The number of pyridine rings is 1. The van der Waals surface area contributed by atoms with Crippen LogP contribution in [0.1, 0.15) is 28.5 Å². The van der Waals surface area contributed by atoms with Gasteiger partial charge in [0.25, 0.3) is 5.91 Å². The normalized spacial score (nSPS) is 10.3. The fourth-order valence-corrected chi connectivity index (χ4v) is 2.16. The van der Waals surface area contributed by atoms with E-state index in [-0.39, 0.29) is 5.91 Å². The second-order valence-corrected chi connectivity index (χ2v) is 4.67. The minimum Gasteiger partial charge on any atom is -0.322 e. The summed E-state index contributed by atoms with van der Waals surface area (Å²) in [4.78, 5) is 16.2. The van der Waals surface area contributed by atoms with Gasteiger partial charge in [-0.05, 0) is 37.1 Å². The minimum absolute atomic E-state index is 0.173. The van der Waals surface area contributed by atoms with Gasteiger partial charge in [0.05, 0.1) is 0 Å². The average Bonchev–Trinajstić information content (AvgIpc) is 2.38. The van der Waals surface area contributed by atoms with Gasteiger partial charge in [-0.15, -0.1) is 0 Å². The first-order valence-electron chi connectivity index (χ1n) is 6.13. The van der Waals surface area contributed by atoms with E-state index in [1.54, 1.807) is 12.1 Å². The number of anilines is 1. The zero-order chi connectivity index (χ0) is 13.8. The molecule has 0 atom stereocenters. The lowest BCUT2D eigenvalue weighted by Crippen LogP contribution is -2.13. The summed E-state index contributed by atoms with van der Waals surface area (Å²) in [5.41, 5.74) is 3.18. The van der Waals surface area contributed by atoms with Gasteiger partial charge in [-0.25, -0.2) is 4.98 Å². The number of amides is 1. The molecule has 0 aliphatic rings. The Morgan fingerprint density at radius 2 is 2.05 bits per heavy atom. The summed E-state index contributed by atoms with van der Waals surface area (Å²) in [7, 11) is 0. The molecule has 4 heteroatoms. The Morgan fingerprint density at radius 3 is 2.74 bits per heavy atom. The van der Waals surface area contributed by atoms with Crippen molar-refractivity contribution in [2.45, 2.75) is 20.3 Å². The van der Waals surface area contributed by atoms with Crippen LogP contribution in [0.15, 0.2) is 36.4 Å². The van der Waals surface area contributed by atoms with Gasteiger partial charge in [0.15, 0.2) is 0 Å². The number of aromatic nitrogens is 1. The maximum absolute atomic E-state index is 12.2. The number of nitrogens with one attached hydrogen (secondary N) is 1. The Bertz CT molecular complexity index is 591. The molecule has 19 heavy (non-hydrogen) atoms. The number of rotatable bonds is 3. The second kappa shape index (κ2) is 5.85. The standard InChI is InChI=1S/C15H15ClN2O/c1-3-11-6-4-5-7-13(11)18-15(19)12-8-10(2)17-14(16)9-12/h4-9H,3H2,1-2H3,(H,18,19). The van der Waals surface area contributed by atoms with Gasteiger partial charge in [0, 0.05) is 16.9 Å². The van der Waals surface area contributed by atoms with E-state index in [1.807, 2.05) is 31.2 Å². The smallest absolute Gasteiger partial charge is 0.255 e. The van der Waals surface area contributed by atoms with E-state index in [2.05, 4.69) is 17.2 Å². The van der Waals surface area contributed by atoms with E-state index in [0.717, 1.165) is 23.4 Å². The largest absolute Gasteiger partial charge is 0.322 e. The van der Waals surface area contributed by atoms with Crippen LogP contribution in [0.4, 0.5) is 5.69 Å². The van der Waals surface area contributed by atoms with Crippen LogP contribution < -0.4 is 5.32 Å². The molecule has 1 N–H and O–H groups in total. The molecule has 0 saturated carbocycles. The van der Waals surface area contributed by atoms with Crippen LogP contribution in [-0.2, 0) is 6.42 Å². The van der Waals surface area contributed by atoms with Gasteiger partial charge >= 0.3 is 0 Å². The number of aryl methyl sites for hydroxylation is 2. The van der Waals surface area contributed by atoms with Crippen molar-refractivity contribution in [1.82, 2.24) is 4.98 Å². The summed E-state index contributed by atoms with van der Waals surface area (Å²) in [6.07, 6.45) is 0.868. The molecular weight excluding hydrogens is 260 g/mol. The zero-order valence-corrected chi connectivity index (χ0v) is 11.7. The maximum atomic E-state index is 12.2. The third kappa shape index (κ3) is 3.32. The molecule has 0 aliphatic carbocycles. The minimum atomic E-state index is -0.173. The number of para-hydroxylation sites is 1. The highest BCUT2D eigenvalue weighted by Gasteiger charge is 2.10. The van der Waals surface area contributed by atoms with Crippen molar-refractivity contribution in [2.24, 2.45) is 0 Å². The summed E-state index contributed by atoms with van der Waals surface area (Å²) >= 11 is 5.86. The molecule has 0 aliphatic heterocycles. The van der Waals surface area contributed by atoms with Crippen LogP contribution in [0.25, 0.3) is 0 Å². The average molecular weight is 275 g/mol. The molecule has 98 valence electrons. The second-order valence-electron chi connectivity index (χ2n) is 4.28. The highest BCUT2D eigenvalue weighted by molar-refractivity contribution is 6.29. The lowest BCUT2D eigenvalue weighted by molar-refractivity contribution is 0.102. The van der Waals surface area contributed by atoms with Crippen LogP contribution in [0.3, 0.4) is 0 Å². The maximum Gasteiger partial charge on any atom is 0.255 e. The lowest BCUT2D eigenvalue weighted by atomic mass is 10.1. The highest BCUT2D eigenvalue weighted by Crippen LogP contribution is 2.17. The quantitative estimate of drug-likeness (QED) is 0.864. The van der Waals surface area contributed by atoms with Gasteiger partial charge in [-0.1, -0.05) is 36.7 Å². The predicted molar refractivity (Wildman–Crippen MR) is 77.8 cm³/mol. The van der Waals surface area contributed by atoms with Crippen molar-refractivity contribution in [1.29, 1.82) is 0 Å². The van der Waals surface area contributed by atoms with Gasteiger partial charge in [-0.2, -0.15) is 0 Å². The SMILES string of the molecule is CCc1ccccc1NC(=O)c1cc(C)nc(Cl)c1. The number of benzene rings is 1. The monoisotopic (exact) mass is 274 g/mol. The number of nitrogens with zero attached hydrogens (tertiary/aromatic N) is 1. The molecular formula is C15H15ClN2O. The Labute approximate surface area is 117 Å². The summed E-state index contributed by atoms with van der Waals surface area (Å²) < 4.78 is 0. The van der Waals surface area contributed by atoms with E-state index in [9.17, 15) is 4.79 Å². The van der Waals surface area contributed by atoms with Crippen molar-refractivity contribution in [3.8, 4) is 0 Å². The first kappa shape index (κ1) is 13.6. The first-order valence-corrected chi connectivity index (χ1v) is 6.51. The third-order valence-electron chi connectivity index (χ3n) is 2.83. The molecule has 0 bridgehead atoms. The number of carbonyl (C=O) groups excluding carboxylic acids is 1. The molecule has 3 nitrogen and oxygen atoms in total. The van der Waals surface area contributed by atoms with Crippen molar-refractivity contribution >= 4 is 23.2 Å². The summed E-state index contributed by atoms with van der Waals surface area (Å²) in [5.74, 6) is -0.173. The number of carbonyl (C=O) groups is 1. The highest BCUT2D eigenvalue weighted by atomic mass is 35.5. The van der Waals surface area contributed by atoms with Crippen LogP contribution in [-0.4, -0.2) is 10.9 Å². The molecule has 2 rings (SSSR count). The number of hydrogen-bond acceptors (Lipinski definition) is 2. The van der Waals surface area contributed by atoms with Crippen LogP contribution in [0.2, 0.25) is 5.15 Å². The Balaban J connectivity index is 2.25. The Kier molecular flexibility index (Phi) is 4.17. The van der Waals surface area contributed by atoms with Gasteiger partial charge in [0.1, 0.15) is 5.15 Å². The topological polar surface area (TPSA) is 42.0 Å². The molecule has 0 fully saturated rings. The van der Waals surface area contributed by atoms with E-state index >= 15 is 0 Å². The molecule has 2 aromatic rings. The van der Waals surface area contributed by atoms with Crippen molar-refractivity contribution in [3.63, 3.8) is 0 Å². The molecule has 0 unspecified atom stereocenters. The summed E-state index contributed by atoms with van der Waals surface area (Å²) in [6, 6.07) is 11.0. The third-order valence-corrected chi connectivity index (χ3v) is 3.02. The Morgan fingerprint density at radius 1 is 1.32 bits per heavy atom. The molecule has 1 aromatic carbocycles.